The first-order valence-electron chi connectivity index (χ1n) is 9.33. The van der Waals surface area contributed by atoms with E-state index in [4.69, 9.17) is 11.6 Å². The minimum Gasteiger partial charge on any atom is -0.318 e. The first kappa shape index (κ1) is 23.1. The number of carbonyl (C=O) groups is 2. The molecule has 0 saturated carbocycles. The van der Waals surface area contributed by atoms with Crippen LogP contribution < -0.4 is 10.7 Å². The second kappa shape index (κ2) is 9.27. The van der Waals surface area contributed by atoms with E-state index in [1.807, 2.05) is 36.6 Å². The number of aromatic nitrogens is 1. The number of nitrogens with one attached hydrogen (secondary N) is 2. The van der Waals surface area contributed by atoms with Crippen LogP contribution in [0.25, 0.3) is 5.69 Å². The molecule has 0 saturated heterocycles. The predicted molar refractivity (Wildman–Crippen MR) is 116 cm³/mol. The number of halogens is 4. The first-order valence-corrected chi connectivity index (χ1v) is 9.70. The molecular weight excluding hydrogens is 445 g/mol. The highest BCUT2D eigenvalue weighted by Crippen LogP contribution is 2.30. The molecule has 0 unspecified atom stereocenters. The SMILES string of the molecule is Cc1cc(/C=N\NC(=O)C(=O)Nc2cccc(C(F)(F)F)c2)c(C)n1-c1ccc(Cl)cc1. The number of amides is 2. The fourth-order valence-electron chi connectivity index (χ4n) is 3.08. The Balaban J connectivity index is 1.66. The fourth-order valence-corrected chi connectivity index (χ4v) is 3.20. The number of benzene rings is 2. The van der Waals surface area contributed by atoms with E-state index < -0.39 is 23.6 Å². The van der Waals surface area contributed by atoms with Crippen LogP contribution in [0.4, 0.5) is 18.9 Å². The van der Waals surface area contributed by atoms with Crippen molar-refractivity contribution in [1.82, 2.24) is 9.99 Å². The molecule has 166 valence electrons. The van der Waals surface area contributed by atoms with Crippen molar-refractivity contribution in [1.29, 1.82) is 0 Å². The third-order valence-electron chi connectivity index (χ3n) is 4.58. The maximum absolute atomic E-state index is 12.8. The molecule has 0 aliphatic rings. The molecule has 10 heteroatoms. The van der Waals surface area contributed by atoms with Gasteiger partial charge in [0.15, 0.2) is 0 Å². The molecule has 0 aliphatic heterocycles. The fraction of sp³-hybridized carbons (Fsp3) is 0.136. The van der Waals surface area contributed by atoms with Crippen molar-refractivity contribution >= 4 is 35.3 Å². The topological polar surface area (TPSA) is 75.5 Å². The Morgan fingerprint density at radius 1 is 1.03 bits per heavy atom. The number of rotatable bonds is 4. The van der Waals surface area contributed by atoms with Crippen LogP contribution in [0.1, 0.15) is 22.5 Å². The van der Waals surface area contributed by atoms with Gasteiger partial charge in [-0.2, -0.15) is 18.3 Å². The summed E-state index contributed by atoms with van der Waals surface area (Å²) < 4.78 is 40.3. The van der Waals surface area contributed by atoms with Crippen LogP contribution in [0, 0.1) is 13.8 Å². The van der Waals surface area contributed by atoms with E-state index in [-0.39, 0.29) is 5.69 Å². The summed E-state index contributed by atoms with van der Waals surface area (Å²) in [5.41, 5.74) is 4.33. The standard InChI is InChI=1S/C22H18ClF3N4O2/c1-13-10-15(14(2)30(13)19-8-6-17(23)7-9-19)12-27-29-21(32)20(31)28-18-5-3-4-16(11-18)22(24,25)26/h3-12H,1-2H3,(H,28,31)(H,29,32)/b27-12-. The van der Waals surface area contributed by atoms with Gasteiger partial charge in [0.25, 0.3) is 0 Å². The minimum absolute atomic E-state index is 0.157. The quantitative estimate of drug-likeness (QED) is 0.330. The Morgan fingerprint density at radius 2 is 1.72 bits per heavy atom. The number of hydrogen-bond donors (Lipinski definition) is 2. The van der Waals surface area contributed by atoms with Crippen molar-refractivity contribution in [3.05, 3.63) is 82.1 Å². The molecule has 2 N–H and O–H groups in total. The Bertz CT molecular complexity index is 1180. The van der Waals surface area contributed by atoms with Crippen LogP contribution in [0.2, 0.25) is 5.02 Å². The Morgan fingerprint density at radius 3 is 2.38 bits per heavy atom. The van der Waals surface area contributed by atoms with Gasteiger partial charge >= 0.3 is 18.0 Å². The summed E-state index contributed by atoms with van der Waals surface area (Å²) in [6.07, 6.45) is -3.18. The minimum atomic E-state index is -4.56. The zero-order chi connectivity index (χ0) is 23.5. The lowest BCUT2D eigenvalue weighted by Crippen LogP contribution is -2.32. The lowest BCUT2D eigenvalue weighted by Gasteiger charge is -2.09. The van der Waals surface area contributed by atoms with Crippen LogP contribution >= 0.6 is 11.6 Å². The number of aryl methyl sites for hydroxylation is 1. The van der Waals surface area contributed by atoms with E-state index in [9.17, 15) is 22.8 Å². The lowest BCUT2D eigenvalue weighted by atomic mass is 10.2. The van der Waals surface area contributed by atoms with Gasteiger partial charge in [-0.1, -0.05) is 17.7 Å². The van der Waals surface area contributed by atoms with Crippen molar-refractivity contribution in [2.75, 3.05) is 5.32 Å². The molecule has 0 atom stereocenters. The monoisotopic (exact) mass is 462 g/mol. The van der Waals surface area contributed by atoms with Crippen LogP contribution in [0.15, 0.2) is 59.7 Å². The van der Waals surface area contributed by atoms with Gasteiger partial charge in [0, 0.05) is 33.3 Å². The van der Waals surface area contributed by atoms with Gasteiger partial charge in [0.05, 0.1) is 11.8 Å². The van der Waals surface area contributed by atoms with E-state index in [2.05, 4.69) is 15.8 Å². The van der Waals surface area contributed by atoms with Gasteiger partial charge in [0.2, 0.25) is 0 Å². The molecule has 0 bridgehead atoms. The van der Waals surface area contributed by atoms with Crippen molar-refractivity contribution < 1.29 is 22.8 Å². The van der Waals surface area contributed by atoms with E-state index >= 15 is 0 Å². The predicted octanol–water partition coefficient (Wildman–Crippen LogP) is 4.86. The summed E-state index contributed by atoms with van der Waals surface area (Å²) >= 11 is 5.93. The second-order valence-electron chi connectivity index (χ2n) is 6.87. The maximum atomic E-state index is 12.8. The van der Waals surface area contributed by atoms with Crippen LogP contribution in [-0.2, 0) is 15.8 Å². The lowest BCUT2D eigenvalue weighted by molar-refractivity contribution is -0.137. The third-order valence-corrected chi connectivity index (χ3v) is 4.83. The van der Waals surface area contributed by atoms with Crippen molar-refractivity contribution in [3.8, 4) is 5.69 Å². The van der Waals surface area contributed by atoms with Crippen molar-refractivity contribution in [3.63, 3.8) is 0 Å². The molecule has 1 aromatic heterocycles. The molecule has 2 aromatic carbocycles. The van der Waals surface area contributed by atoms with E-state index in [1.165, 1.54) is 12.3 Å². The van der Waals surface area contributed by atoms with Crippen molar-refractivity contribution in [2.45, 2.75) is 20.0 Å². The Kier molecular flexibility index (Phi) is 6.69. The summed E-state index contributed by atoms with van der Waals surface area (Å²) in [6, 6.07) is 13.1. The van der Waals surface area contributed by atoms with Gasteiger partial charge in [-0.05, 0) is 62.4 Å². The van der Waals surface area contributed by atoms with Crippen LogP contribution in [0.3, 0.4) is 0 Å². The normalized spacial score (nSPS) is 11.6. The summed E-state index contributed by atoms with van der Waals surface area (Å²) in [5.74, 6) is -2.27. The number of nitrogens with zero attached hydrogens (tertiary/aromatic N) is 2. The van der Waals surface area contributed by atoms with Gasteiger partial charge in [-0.25, -0.2) is 5.43 Å². The highest BCUT2D eigenvalue weighted by atomic mass is 35.5. The number of anilines is 1. The average Bonchev–Trinajstić information content (AvgIpc) is 3.01. The summed E-state index contributed by atoms with van der Waals surface area (Å²) in [5, 5.41) is 6.51. The van der Waals surface area contributed by atoms with Crippen LogP contribution in [-0.4, -0.2) is 22.6 Å². The molecule has 6 nitrogen and oxygen atoms in total. The molecule has 3 aromatic rings. The zero-order valence-corrected chi connectivity index (χ0v) is 17.8. The van der Waals surface area contributed by atoms with E-state index in [0.29, 0.717) is 10.6 Å². The molecular formula is C22H18ClF3N4O2. The first-order chi connectivity index (χ1) is 15.1. The molecule has 0 radical (unpaired) electrons. The summed E-state index contributed by atoms with van der Waals surface area (Å²) in [6.45, 7) is 3.77. The van der Waals surface area contributed by atoms with E-state index in [1.54, 1.807) is 12.1 Å². The number of carbonyl (C=O) groups excluding carboxylic acids is 2. The largest absolute Gasteiger partial charge is 0.416 e. The summed E-state index contributed by atoms with van der Waals surface area (Å²) in [7, 11) is 0. The highest BCUT2D eigenvalue weighted by molar-refractivity contribution is 6.39. The number of alkyl halides is 3. The van der Waals surface area contributed by atoms with Gasteiger partial charge < -0.3 is 9.88 Å². The van der Waals surface area contributed by atoms with Gasteiger partial charge in [-0.3, -0.25) is 9.59 Å². The smallest absolute Gasteiger partial charge is 0.318 e. The molecule has 0 spiro atoms. The molecule has 0 fully saturated rings. The Labute approximate surface area is 186 Å². The average molecular weight is 463 g/mol. The molecule has 2 amide bonds. The van der Waals surface area contributed by atoms with Crippen LogP contribution in [0.5, 0.6) is 0 Å². The zero-order valence-electron chi connectivity index (χ0n) is 17.0. The molecule has 32 heavy (non-hydrogen) atoms. The maximum Gasteiger partial charge on any atom is 0.416 e. The highest BCUT2D eigenvalue weighted by Gasteiger charge is 2.30. The van der Waals surface area contributed by atoms with E-state index in [0.717, 1.165) is 35.3 Å². The number of hydrazone groups is 1. The third kappa shape index (κ3) is 5.36. The summed E-state index contributed by atoms with van der Waals surface area (Å²) in [4.78, 5) is 23.9. The Hall–Kier alpha value is -3.59. The molecule has 3 rings (SSSR count). The second-order valence-corrected chi connectivity index (χ2v) is 7.31. The van der Waals surface area contributed by atoms with Crippen molar-refractivity contribution in [2.24, 2.45) is 5.10 Å². The van der Waals surface area contributed by atoms with Gasteiger partial charge in [-0.15, -0.1) is 0 Å². The molecule has 0 aliphatic carbocycles. The number of hydrogen-bond acceptors (Lipinski definition) is 3. The molecule has 1 heterocycles. The van der Waals surface area contributed by atoms with Gasteiger partial charge in [0.1, 0.15) is 0 Å².